The SMILES string of the molecule is CCCOc1ccc(-c2cc(CNC)c(=O)[nH]n2)cc1. The highest BCUT2D eigenvalue weighted by Gasteiger charge is 2.05. The topological polar surface area (TPSA) is 67.0 Å². The van der Waals surface area contributed by atoms with Crippen molar-refractivity contribution in [2.45, 2.75) is 19.9 Å². The van der Waals surface area contributed by atoms with Gasteiger partial charge in [-0.05, 0) is 43.8 Å². The van der Waals surface area contributed by atoms with Crippen molar-refractivity contribution in [1.29, 1.82) is 0 Å². The molecule has 0 unspecified atom stereocenters. The molecule has 0 aliphatic rings. The van der Waals surface area contributed by atoms with Gasteiger partial charge in [-0.25, -0.2) is 5.10 Å². The summed E-state index contributed by atoms with van der Waals surface area (Å²) in [7, 11) is 1.80. The summed E-state index contributed by atoms with van der Waals surface area (Å²) in [5.74, 6) is 0.843. The van der Waals surface area contributed by atoms with E-state index >= 15 is 0 Å². The van der Waals surface area contributed by atoms with Crippen molar-refractivity contribution in [3.05, 3.63) is 46.2 Å². The van der Waals surface area contributed by atoms with Gasteiger partial charge in [0, 0.05) is 17.7 Å². The molecule has 0 aliphatic carbocycles. The average Bonchev–Trinajstić information content (AvgIpc) is 2.48. The van der Waals surface area contributed by atoms with Crippen LogP contribution < -0.4 is 15.6 Å². The molecule has 0 bridgehead atoms. The molecule has 0 radical (unpaired) electrons. The van der Waals surface area contributed by atoms with Crippen LogP contribution in [-0.4, -0.2) is 23.9 Å². The van der Waals surface area contributed by atoms with Crippen molar-refractivity contribution in [2.24, 2.45) is 0 Å². The first-order valence-corrected chi connectivity index (χ1v) is 6.71. The zero-order valence-electron chi connectivity index (χ0n) is 11.8. The third-order valence-electron chi connectivity index (χ3n) is 2.87. The van der Waals surface area contributed by atoms with Crippen LogP contribution in [0, 0.1) is 0 Å². The predicted molar refractivity (Wildman–Crippen MR) is 78.8 cm³/mol. The number of H-pyrrole nitrogens is 1. The lowest BCUT2D eigenvalue weighted by atomic mass is 10.1. The predicted octanol–water partition coefficient (Wildman–Crippen LogP) is 1.95. The molecule has 0 spiro atoms. The van der Waals surface area contributed by atoms with E-state index in [0.29, 0.717) is 18.7 Å². The molecule has 2 rings (SSSR count). The maximum atomic E-state index is 11.6. The normalized spacial score (nSPS) is 10.5. The van der Waals surface area contributed by atoms with Gasteiger partial charge in [0.25, 0.3) is 5.56 Å². The van der Waals surface area contributed by atoms with Crippen molar-refractivity contribution < 1.29 is 4.74 Å². The minimum absolute atomic E-state index is 0.161. The van der Waals surface area contributed by atoms with Gasteiger partial charge in [0.1, 0.15) is 5.75 Å². The first-order chi connectivity index (χ1) is 9.74. The number of ether oxygens (including phenoxy) is 1. The molecule has 106 valence electrons. The van der Waals surface area contributed by atoms with E-state index in [-0.39, 0.29) is 5.56 Å². The quantitative estimate of drug-likeness (QED) is 0.844. The van der Waals surface area contributed by atoms with Crippen molar-refractivity contribution in [2.75, 3.05) is 13.7 Å². The summed E-state index contributed by atoms with van der Waals surface area (Å²) in [6.45, 7) is 3.30. The first kappa shape index (κ1) is 14.3. The Kier molecular flexibility index (Phi) is 4.90. The maximum absolute atomic E-state index is 11.6. The van der Waals surface area contributed by atoms with E-state index in [1.807, 2.05) is 24.3 Å². The largest absolute Gasteiger partial charge is 0.494 e. The smallest absolute Gasteiger partial charge is 0.268 e. The number of hydrogen-bond acceptors (Lipinski definition) is 4. The highest BCUT2D eigenvalue weighted by atomic mass is 16.5. The molecule has 0 amide bonds. The van der Waals surface area contributed by atoms with Gasteiger partial charge in [0.15, 0.2) is 0 Å². The molecule has 0 fully saturated rings. The molecule has 0 saturated heterocycles. The number of aromatic amines is 1. The average molecular weight is 273 g/mol. The standard InChI is InChI=1S/C15H19N3O2/c1-3-8-20-13-6-4-11(5-7-13)14-9-12(10-16-2)15(19)18-17-14/h4-7,9,16H,3,8,10H2,1-2H3,(H,18,19). The van der Waals surface area contributed by atoms with E-state index in [9.17, 15) is 4.79 Å². The van der Waals surface area contributed by atoms with Gasteiger partial charge in [0.2, 0.25) is 0 Å². The Morgan fingerprint density at radius 2 is 2.05 bits per heavy atom. The van der Waals surface area contributed by atoms with Gasteiger partial charge in [-0.1, -0.05) is 6.92 Å². The molecular weight excluding hydrogens is 254 g/mol. The Labute approximate surface area is 118 Å². The number of hydrogen-bond donors (Lipinski definition) is 2. The molecule has 2 N–H and O–H groups in total. The van der Waals surface area contributed by atoms with E-state index in [4.69, 9.17) is 4.74 Å². The van der Waals surface area contributed by atoms with Crippen molar-refractivity contribution in [3.8, 4) is 17.0 Å². The summed E-state index contributed by atoms with van der Waals surface area (Å²) in [6.07, 6.45) is 0.983. The van der Waals surface area contributed by atoms with Gasteiger partial charge in [0.05, 0.1) is 12.3 Å². The first-order valence-electron chi connectivity index (χ1n) is 6.71. The van der Waals surface area contributed by atoms with Gasteiger partial charge in [-0.3, -0.25) is 4.79 Å². The molecule has 1 aromatic carbocycles. The van der Waals surface area contributed by atoms with Crippen LogP contribution in [0.15, 0.2) is 35.1 Å². The summed E-state index contributed by atoms with van der Waals surface area (Å²) in [5, 5.41) is 9.57. The van der Waals surface area contributed by atoms with E-state index in [0.717, 1.165) is 23.4 Å². The lowest BCUT2D eigenvalue weighted by Crippen LogP contribution is -2.19. The Hall–Kier alpha value is -2.14. The number of nitrogens with one attached hydrogen (secondary N) is 2. The monoisotopic (exact) mass is 273 g/mol. The third-order valence-corrected chi connectivity index (χ3v) is 2.87. The number of aromatic nitrogens is 2. The summed E-state index contributed by atoms with van der Waals surface area (Å²) in [6, 6.07) is 9.51. The summed E-state index contributed by atoms with van der Waals surface area (Å²) in [5.41, 5.74) is 2.20. The van der Waals surface area contributed by atoms with Gasteiger partial charge < -0.3 is 10.1 Å². The van der Waals surface area contributed by atoms with Gasteiger partial charge >= 0.3 is 0 Å². The van der Waals surface area contributed by atoms with Crippen molar-refractivity contribution in [1.82, 2.24) is 15.5 Å². The molecular formula is C15H19N3O2. The molecule has 1 heterocycles. The van der Waals surface area contributed by atoms with Gasteiger partial charge in [-0.15, -0.1) is 0 Å². The molecule has 20 heavy (non-hydrogen) atoms. The Morgan fingerprint density at radius 1 is 1.30 bits per heavy atom. The van der Waals surface area contributed by atoms with E-state index < -0.39 is 0 Å². The molecule has 5 heteroatoms. The molecule has 0 aliphatic heterocycles. The minimum Gasteiger partial charge on any atom is -0.494 e. The zero-order valence-corrected chi connectivity index (χ0v) is 11.8. The number of rotatable bonds is 6. The minimum atomic E-state index is -0.161. The molecule has 0 saturated carbocycles. The lowest BCUT2D eigenvalue weighted by Gasteiger charge is -2.06. The Balaban J connectivity index is 2.22. The highest BCUT2D eigenvalue weighted by molar-refractivity contribution is 5.60. The molecule has 2 aromatic rings. The number of nitrogens with zero attached hydrogens (tertiary/aromatic N) is 1. The second-order valence-electron chi connectivity index (χ2n) is 4.51. The van der Waals surface area contributed by atoms with Crippen LogP contribution in [-0.2, 0) is 6.54 Å². The van der Waals surface area contributed by atoms with Crippen LogP contribution in [0.1, 0.15) is 18.9 Å². The zero-order chi connectivity index (χ0) is 14.4. The maximum Gasteiger partial charge on any atom is 0.268 e. The van der Waals surface area contributed by atoms with Crippen molar-refractivity contribution >= 4 is 0 Å². The lowest BCUT2D eigenvalue weighted by molar-refractivity contribution is 0.317. The summed E-state index contributed by atoms with van der Waals surface area (Å²) in [4.78, 5) is 11.6. The highest BCUT2D eigenvalue weighted by Crippen LogP contribution is 2.20. The van der Waals surface area contributed by atoms with Crippen molar-refractivity contribution in [3.63, 3.8) is 0 Å². The molecule has 5 nitrogen and oxygen atoms in total. The van der Waals surface area contributed by atoms with Gasteiger partial charge in [-0.2, -0.15) is 5.10 Å². The summed E-state index contributed by atoms with van der Waals surface area (Å²) < 4.78 is 5.54. The fourth-order valence-electron chi connectivity index (χ4n) is 1.86. The van der Waals surface area contributed by atoms with E-state index in [1.165, 1.54) is 0 Å². The van der Waals surface area contributed by atoms with Crippen LogP contribution in [0.2, 0.25) is 0 Å². The van der Waals surface area contributed by atoms with Crippen LogP contribution in [0.25, 0.3) is 11.3 Å². The second kappa shape index (κ2) is 6.86. The number of benzene rings is 1. The fourth-order valence-corrected chi connectivity index (χ4v) is 1.86. The van der Waals surface area contributed by atoms with Crippen LogP contribution in [0.5, 0.6) is 5.75 Å². The third kappa shape index (κ3) is 3.45. The van der Waals surface area contributed by atoms with Crippen LogP contribution in [0.3, 0.4) is 0 Å². The molecule has 0 atom stereocenters. The fraction of sp³-hybridized carbons (Fsp3) is 0.333. The Morgan fingerprint density at radius 3 is 2.70 bits per heavy atom. The van der Waals surface area contributed by atoms with Crippen LogP contribution >= 0.6 is 0 Å². The Bertz CT molecular complexity index is 605. The van der Waals surface area contributed by atoms with E-state index in [1.54, 1.807) is 13.1 Å². The molecule has 1 aromatic heterocycles. The second-order valence-corrected chi connectivity index (χ2v) is 4.51. The van der Waals surface area contributed by atoms with E-state index in [2.05, 4.69) is 22.4 Å². The summed E-state index contributed by atoms with van der Waals surface area (Å²) >= 11 is 0. The van der Waals surface area contributed by atoms with Crippen LogP contribution in [0.4, 0.5) is 0 Å².